The van der Waals surface area contributed by atoms with Crippen LogP contribution >= 0.6 is 0 Å². The van der Waals surface area contributed by atoms with Crippen LogP contribution in [0, 0.1) is 5.92 Å². The quantitative estimate of drug-likeness (QED) is 0.731. The first-order valence-electron chi connectivity index (χ1n) is 5.66. The fourth-order valence-corrected chi connectivity index (χ4v) is 1.74. The largest absolute Gasteiger partial charge is 0.445 e. The highest BCUT2D eigenvalue weighted by atomic mass is 16.6. The summed E-state index contributed by atoms with van der Waals surface area (Å²) in [6.07, 6.45) is -0.192. The van der Waals surface area contributed by atoms with E-state index in [2.05, 4.69) is 13.8 Å². The Bertz CT molecular complexity index is 361. The Kier molecular flexibility index (Phi) is 3.13. The number of carbonyl (C=O) groups is 1. The number of benzene rings is 1. The lowest BCUT2D eigenvalue weighted by Crippen LogP contribution is -2.17. The van der Waals surface area contributed by atoms with E-state index in [9.17, 15) is 4.79 Å². The minimum absolute atomic E-state index is 0.192. The zero-order valence-corrected chi connectivity index (χ0v) is 9.72. The molecule has 0 spiro atoms. The number of hydrogen-bond acceptors (Lipinski definition) is 2. The number of ether oxygens (including phenoxy) is 1. The molecule has 1 atom stereocenters. The molecule has 1 heterocycles. The van der Waals surface area contributed by atoms with Gasteiger partial charge in [0, 0.05) is 6.54 Å². The highest BCUT2D eigenvalue weighted by Crippen LogP contribution is 2.26. The maximum atomic E-state index is 11.6. The molecular weight excluding hydrogens is 202 g/mol. The van der Waals surface area contributed by atoms with Crippen LogP contribution in [0.15, 0.2) is 30.3 Å². The van der Waals surface area contributed by atoms with Crippen molar-refractivity contribution >= 4 is 6.09 Å². The second-order valence-electron chi connectivity index (χ2n) is 4.50. The van der Waals surface area contributed by atoms with E-state index in [-0.39, 0.29) is 6.09 Å². The molecule has 0 unspecified atom stereocenters. The molecule has 86 valence electrons. The van der Waals surface area contributed by atoms with Gasteiger partial charge in [-0.25, -0.2) is 4.79 Å². The van der Waals surface area contributed by atoms with Crippen molar-refractivity contribution in [3.05, 3.63) is 35.9 Å². The van der Waals surface area contributed by atoms with Gasteiger partial charge in [0.15, 0.2) is 0 Å². The molecular formula is C13H17NO2. The van der Waals surface area contributed by atoms with Crippen LogP contribution in [0.4, 0.5) is 4.79 Å². The normalized spacial score (nSPS) is 18.7. The minimum Gasteiger partial charge on any atom is -0.445 e. The van der Waals surface area contributed by atoms with Crippen LogP contribution in [0.25, 0.3) is 0 Å². The van der Waals surface area contributed by atoms with Crippen LogP contribution < -0.4 is 0 Å². The Morgan fingerprint density at radius 3 is 2.69 bits per heavy atom. The van der Waals surface area contributed by atoms with Gasteiger partial charge in [-0.3, -0.25) is 0 Å². The molecule has 1 fully saturated rings. The average Bonchev–Trinajstić information content (AvgIpc) is 3.07. The summed E-state index contributed by atoms with van der Waals surface area (Å²) in [6.45, 7) is 5.44. The van der Waals surface area contributed by atoms with Crippen molar-refractivity contribution < 1.29 is 9.53 Å². The summed E-state index contributed by atoms with van der Waals surface area (Å²) in [7, 11) is 0. The Labute approximate surface area is 96.0 Å². The molecule has 3 nitrogen and oxygen atoms in total. The van der Waals surface area contributed by atoms with Crippen molar-refractivity contribution in [1.82, 2.24) is 4.90 Å². The molecule has 2 rings (SSSR count). The van der Waals surface area contributed by atoms with Gasteiger partial charge in [-0.1, -0.05) is 44.2 Å². The van der Waals surface area contributed by atoms with E-state index in [1.54, 1.807) is 4.90 Å². The first-order chi connectivity index (χ1) is 7.68. The molecule has 1 aromatic carbocycles. The standard InChI is InChI=1S/C13H17NO2/c1-10(2)12-8-14(12)13(15)16-9-11-6-4-3-5-7-11/h3-7,10,12H,8-9H2,1-2H3/t12-,14?/m1/s1. The summed E-state index contributed by atoms with van der Waals surface area (Å²) in [4.78, 5) is 13.4. The molecule has 0 bridgehead atoms. The molecule has 1 aromatic rings. The third kappa shape index (κ3) is 2.54. The van der Waals surface area contributed by atoms with Crippen molar-refractivity contribution in [3.8, 4) is 0 Å². The lowest BCUT2D eigenvalue weighted by Gasteiger charge is -2.07. The smallest absolute Gasteiger partial charge is 0.410 e. The van der Waals surface area contributed by atoms with E-state index < -0.39 is 0 Å². The SMILES string of the molecule is CC(C)[C@H]1CN1C(=O)OCc1ccccc1. The van der Waals surface area contributed by atoms with Gasteiger partial charge in [-0.15, -0.1) is 0 Å². The molecule has 0 radical (unpaired) electrons. The molecule has 0 saturated carbocycles. The maximum absolute atomic E-state index is 11.6. The second kappa shape index (κ2) is 4.56. The van der Waals surface area contributed by atoms with Crippen molar-refractivity contribution in [2.75, 3.05) is 6.54 Å². The number of hydrogen-bond donors (Lipinski definition) is 0. The van der Waals surface area contributed by atoms with Crippen molar-refractivity contribution in [1.29, 1.82) is 0 Å². The third-order valence-electron chi connectivity index (χ3n) is 2.86. The first kappa shape index (κ1) is 11.0. The van der Waals surface area contributed by atoms with Crippen LogP contribution in [0.3, 0.4) is 0 Å². The first-order valence-corrected chi connectivity index (χ1v) is 5.66. The summed E-state index contributed by atoms with van der Waals surface area (Å²) in [5, 5.41) is 0. The van der Waals surface area contributed by atoms with E-state index in [0.717, 1.165) is 12.1 Å². The van der Waals surface area contributed by atoms with Gasteiger partial charge < -0.3 is 9.64 Å². The van der Waals surface area contributed by atoms with Crippen LogP contribution in [0.5, 0.6) is 0 Å². The van der Waals surface area contributed by atoms with Crippen molar-refractivity contribution in [2.24, 2.45) is 5.92 Å². The molecule has 0 aliphatic carbocycles. The summed E-state index contributed by atoms with van der Waals surface area (Å²) >= 11 is 0. The van der Waals surface area contributed by atoms with E-state index in [1.807, 2.05) is 30.3 Å². The number of carbonyl (C=O) groups excluding carboxylic acids is 1. The van der Waals surface area contributed by atoms with E-state index in [4.69, 9.17) is 4.74 Å². The Morgan fingerprint density at radius 1 is 1.44 bits per heavy atom. The monoisotopic (exact) mass is 219 g/mol. The zero-order chi connectivity index (χ0) is 11.5. The van der Waals surface area contributed by atoms with Gasteiger partial charge in [-0.05, 0) is 11.5 Å². The molecule has 0 N–H and O–H groups in total. The molecule has 1 saturated heterocycles. The molecule has 3 heteroatoms. The fourth-order valence-electron chi connectivity index (χ4n) is 1.74. The van der Waals surface area contributed by atoms with Gasteiger partial charge in [0.25, 0.3) is 0 Å². The lowest BCUT2D eigenvalue weighted by molar-refractivity contribution is 0.120. The van der Waals surface area contributed by atoms with Gasteiger partial charge in [0.2, 0.25) is 0 Å². The molecule has 1 aliphatic rings. The van der Waals surface area contributed by atoms with Crippen LogP contribution in [0.1, 0.15) is 19.4 Å². The summed E-state index contributed by atoms with van der Waals surface area (Å²) in [5.41, 5.74) is 1.03. The van der Waals surface area contributed by atoms with E-state index in [1.165, 1.54) is 0 Å². The zero-order valence-electron chi connectivity index (χ0n) is 9.72. The maximum Gasteiger partial charge on any atom is 0.410 e. The van der Waals surface area contributed by atoms with Crippen LogP contribution in [-0.2, 0) is 11.3 Å². The van der Waals surface area contributed by atoms with Gasteiger partial charge in [0.1, 0.15) is 6.61 Å². The Balaban J connectivity index is 1.78. The van der Waals surface area contributed by atoms with Gasteiger partial charge >= 0.3 is 6.09 Å². The lowest BCUT2D eigenvalue weighted by atomic mass is 10.1. The topological polar surface area (TPSA) is 29.3 Å². The fraction of sp³-hybridized carbons (Fsp3) is 0.462. The van der Waals surface area contributed by atoms with Crippen LogP contribution in [-0.4, -0.2) is 23.6 Å². The van der Waals surface area contributed by atoms with Gasteiger partial charge in [0.05, 0.1) is 6.04 Å². The van der Waals surface area contributed by atoms with E-state index >= 15 is 0 Å². The highest BCUT2D eigenvalue weighted by molar-refractivity contribution is 5.71. The Hall–Kier alpha value is -1.51. The second-order valence-corrected chi connectivity index (χ2v) is 4.50. The van der Waals surface area contributed by atoms with Gasteiger partial charge in [-0.2, -0.15) is 0 Å². The van der Waals surface area contributed by atoms with Crippen LogP contribution in [0.2, 0.25) is 0 Å². The van der Waals surface area contributed by atoms with E-state index in [0.29, 0.717) is 18.6 Å². The summed E-state index contributed by atoms with van der Waals surface area (Å²) in [5.74, 6) is 0.518. The Morgan fingerprint density at radius 2 is 2.12 bits per heavy atom. The summed E-state index contributed by atoms with van der Waals surface area (Å²) in [6, 6.07) is 10.1. The predicted molar refractivity (Wildman–Crippen MR) is 62.0 cm³/mol. The molecule has 16 heavy (non-hydrogen) atoms. The number of amides is 1. The summed E-state index contributed by atoms with van der Waals surface area (Å²) < 4.78 is 5.22. The molecule has 1 amide bonds. The molecule has 1 aliphatic heterocycles. The predicted octanol–water partition coefficient (Wildman–Crippen LogP) is 2.66. The van der Waals surface area contributed by atoms with Crippen molar-refractivity contribution in [2.45, 2.75) is 26.5 Å². The minimum atomic E-state index is -0.192. The number of nitrogens with zero attached hydrogens (tertiary/aromatic N) is 1. The van der Waals surface area contributed by atoms with Crippen molar-refractivity contribution in [3.63, 3.8) is 0 Å². The number of rotatable bonds is 3. The third-order valence-corrected chi connectivity index (χ3v) is 2.86. The highest BCUT2D eigenvalue weighted by Gasteiger charge is 2.41. The average molecular weight is 219 g/mol. The molecule has 0 aromatic heterocycles.